The Morgan fingerprint density at radius 3 is 2.72 bits per heavy atom. The van der Waals surface area contributed by atoms with Crippen LogP contribution in [0.15, 0.2) is 51.4 Å². The van der Waals surface area contributed by atoms with E-state index in [2.05, 4.69) is 31.4 Å². The maximum atomic E-state index is 12.4. The third-order valence-electron chi connectivity index (χ3n) is 3.52. The van der Waals surface area contributed by atoms with E-state index in [9.17, 15) is 4.79 Å². The van der Waals surface area contributed by atoms with E-state index in [1.54, 1.807) is 18.2 Å². The standard InChI is InChI=1S/C17H12BrN3O4/c18-12-3-1-2-11(8-12)16-20-21-17(25-16)19-15(22)10-4-5-13-14(9-10)24-7-6-23-13/h1-5,8-9H,6-7H2,(H,19,21,22). The number of anilines is 1. The molecule has 0 fully saturated rings. The van der Waals surface area contributed by atoms with Gasteiger partial charge in [-0.25, -0.2) is 0 Å². The Balaban J connectivity index is 1.52. The van der Waals surface area contributed by atoms with E-state index < -0.39 is 0 Å². The number of carbonyl (C=O) groups is 1. The van der Waals surface area contributed by atoms with Gasteiger partial charge in [-0.1, -0.05) is 27.1 Å². The van der Waals surface area contributed by atoms with Gasteiger partial charge in [0.15, 0.2) is 11.5 Å². The van der Waals surface area contributed by atoms with E-state index in [0.29, 0.717) is 36.2 Å². The average Bonchev–Trinajstić information content (AvgIpc) is 3.10. The molecule has 1 aliphatic heterocycles. The van der Waals surface area contributed by atoms with Crippen LogP contribution in [0.25, 0.3) is 11.5 Å². The van der Waals surface area contributed by atoms with Crippen LogP contribution in [0.4, 0.5) is 6.01 Å². The van der Waals surface area contributed by atoms with Crippen LogP contribution in [0.5, 0.6) is 11.5 Å². The zero-order chi connectivity index (χ0) is 17.2. The van der Waals surface area contributed by atoms with E-state index in [1.807, 2.05) is 24.3 Å². The van der Waals surface area contributed by atoms with Gasteiger partial charge in [-0.15, -0.1) is 5.10 Å². The number of ether oxygens (including phenoxy) is 2. The smallest absolute Gasteiger partial charge is 0.322 e. The summed E-state index contributed by atoms with van der Waals surface area (Å²) < 4.78 is 17.3. The predicted octanol–water partition coefficient (Wildman–Crippen LogP) is 3.52. The van der Waals surface area contributed by atoms with Crippen LogP contribution in [-0.2, 0) is 0 Å². The lowest BCUT2D eigenvalue weighted by atomic mass is 10.2. The molecule has 126 valence electrons. The molecule has 0 bridgehead atoms. The Bertz CT molecular complexity index is 941. The monoisotopic (exact) mass is 401 g/mol. The molecule has 0 unspecified atom stereocenters. The molecule has 1 aromatic heterocycles. The molecule has 2 heterocycles. The number of amides is 1. The molecular formula is C17H12BrN3O4. The minimum absolute atomic E-state index is 0.0230. The molecule has 0 aliphatic carbocycles. The van der Waals surface area contributed by atoms with Crippen molar-refractivity contribution in [2.45, 2.75) is 0 Å². The summed E-state index contributed by atoms with van der Waals surface area (Å²) >= 11 is 3.39. The Morgan fingerprint density at radius 2 is 1.88 bits per heavy atom. The Labute approximate surface area is 151 Å². The van der Waals surface area contributed by atoms with Gasteiger partial charge in [-0.3, -0.25) is 10.1 Å². The van der Waals surface area contributed by atoms with Crippen molar-refractivity contribution in [1.29, 1.82) is 0 Å². The van der Waals surface area contributed by atoms with Gasteiger partial charge >= 0.3 is 6.01 Å². The van der Waals surface area contributed by atoms with Crippen LogP contribution in [-0.4, -0.2) is 29.3 Å². The minimum atomic E-state index is -0.374. The Hall–Kier alpha value is -2.87. The second-order valence-corrected chi connectivity index (χ2v) is 6.15. The summed E-state index contributed by atoms with van der Waals surface area (Å²) in [5.41, 5.74) is 1.16. The first-order chi connectivity index (χ1) is 12.2. The summed E-state index contributed by atoms with van der Waals surface area (Å²) in [7, 11) is 0. The number of carbonyl (C=O) groups excluding carboxylic acids is 1. The third-order valence-corrected chi connectivity index (χ3v) is 4.01. The van der Waals surface area contributed by atoms with E-state index >= 15 is 0 Å². The number of nitrogens with zero attached hydrogens (tertiary/aromatic N) is 2. The number of nitrogens with one attached hydrogen (secondary N) is 1. The molecule has 0 saturated heterocycles. The van der Waals surface area contributed by atoms with E-state index in [1.165, 1.54) is 0 Å². The largest absolute Gasteiger partial charge is 0.486 e. The van der Waals surface area contributed by atoms with E-state index in [-0.39, 0.29) is 11.9 Å². The summed E-state index contributed by atoms with van der Waals surface area (Å²) in [4.78, 5) is 12.4. The fourth-order valence-corrected chi connectivity index (χ4v) is 2.77. The van der Waals surface area contributed by atoms with Crippen LogP contribution in [0.2, 0.25) is 0 Å². The molecule has 4 rings (SSSR count). The molecule has 0 radical (unpaired) electrons. The van der Waals surface area contributed by atoms with Gasteiger partial charge < -0.3 is 13.9 Å². The maximum absolute atomic E-state index is 12.4. The molecule has 1 amide bonds. The van der Waals surface area contributed by atoms with Crippen LogP contribution in [0.3, 0.4) is 0 Å². The zero-order valence-electron chi connectivity index (χ0n) is 12.9. The first kappa shape index (κ1) is 15.6. The summed E-state index contributed by atoms with van der Waals surface area (Å²) in [5, 5.41) is 10.4. The summed E-state index contributed by atoms with van der Waals surface area (Å²) in [5.74, 6) is 1.11. The lowest BCUT2D eigenvalue weighted by Gasteiger charge is -2.18. The molecule has 0 atom stereocenters. The molecule has 1 aliphatic rings. The van der Waals surface area contributed by atoms with E-state index in [0.717, 1.165) is 10.0 Å². The molecule has 3 aromatic rings. The molecule has 8 heteroatoms. The third kappa shape index (κ3) is 3.34. The number of halogens is 1. The van der Waals surface area contributed by atoms with Crippen LogP contribution in [0, 0.1) is 0 Å². The highest BCUT2D eigenvalue weighted by Crippen LogP contribution is 2.31. The normalized spacial score (nSPS) is 12.7. The zero-order valence-corrected chi connectivity index (χ0v) is 14.4. The first-order valence-electron chi connectivity index (χ1n) is 7.49. The van der Waals surface area contributed by atoms with Crippen molar-refractivity contribution in [1.82, 2.24) is 10.2 Å². The number of aromatic nitrogens is 2. The first-order valence-corrected chi connectivity index (χ1v) is 8.29. The predicted molar refractivity (Wildman–Crippen MR) is 92.8 cm³/mol. The second kappa shape index (κ2) is 6.56. The van der Waals surface area contributed by atoms with Gasteiger partial charge in [0, 0.05) is 15.6 Å². The van der Waals surface area contributed by atoms with Gasteiger partial charge in [0.25, 0.3) is 5.91 Å². The van der Waals surface area contributed by atoms with Crippen molar-refractivity contribution in [3.63, 3.8) is 0 Å². The highest BCUT2D eigenvalue weighted by atomic mass is 79.9. The molecular weight excluding hydrogens is 390 g/mol. The highest BCUT2D eigenvalue weighted by molar-refractivity contribution is 9.10. The molecule has 2 aromatic carbocycles. The van der Waals surface area contributed by atoms with Crippen molar-refractivity contribution < 1.29 is 18.7 Å². The molecule has 25 heavy (non-hydrogen) atoms. The quantitative estimate of drug-likeness (QED) is 0.722. The lowest BCUT2D eigenvalue weighted by molar-refractivity contribution is 0.102. The fourth-order valence-electron chi connectivity index (χ4n) is 2.37. The van der Waals surface area contributed by atoms with Crippen molar-refractivity contribution in [3.8, 4) is 23.0 Å². The number of rotatable bonds is 3. The topological polar surface area (TPSA) is 86.5 Å². The van der Waals surface area contributed by atoms with Crippen molar-refractivity contribution in [3.05, 3.63) is 52.5 Å². The van der Waals surface area contributed by atoms with Gasteiger partial charge in [-0.05, 0) is 36.4 Å². The Morgan fingerprint density at radius 1 is 1.04 bits per heavy atom. The van der Waals surface area contributed by atoms with Crippen molar-refractivity contribution in [2.75, 3.05) is 18.5 Å². The van der Waals surface area contributed by atoms with Crippen molar-refractivity contribution >= 4 is 27.9 Å². The summed E-state index contributed by atoms with van der Waals surface area (Å²) in [6.45, 7) is 0.955. The molecule has 7 nitrogen and oxygen atoms in total. The highest BCUT2D eigenvalue weighted by Gasteiger charge is 2.17. The van der Waals surface area contributed by atoms with Gasteiger partial charge in [0.2, 0.25) is 5.89 Å². The molecule has 1 N–H and O–H groups in total. The fraction of sp³-hybridized carbons (Fsp3) is 0.118. The van der Waals surface area contributed by atoms with Crippen LogP contribution >= 0.6 is 15.9 Å². The van der Waals surface area contributed by atoms with Gasteiger partial charge in [0.05, 0.1) is 0 Å². The number of benzene rings is 2. The average molecular weight is 402 g/mol. The second-order valence-electron chi connectivity index (χ2n) is 5.24. The summed E-state index contributed by atoms with van der Waals surface area (Å²) in [6, 6.07) is 12.4. The number of fused-ring (bicyclic) bond motifs is 1. The lowest BCUT2D eigenvalue weighted by Crippen LogP contribution is -2.17. The Kier molecular flexibility index (Phi) is 4.10. The minimum Gasteiger partial charge on any atom is -0.486 e. The maximum Gasteiger partial charge on any atom is 0.322 e. The van der Waals surface area contributed by atoms with Crippen LogP contribution in [0.1, 0.15) is 10.4 Å². The van der Waals surface area contributed by atoms with Gasteiger partial charge in [-0.2, -0.15) is 0 Å². The SMILES string of the molecule is O=C(Nc1nnc(-c2cccc(Br)c2)o1)c1ccc2c(c1)OCCO2. The van der Waals surface area contributed by atoms with Crippen LogP contribution < -0.4 is 14.8 Å². The summed E-state index contributed by atoms with van der Waals surface area (Å²) in [6.07, 6.45) is 0. The molecule has 0 saturated carbocycles. The van der Waals surface area contributed by atoms with E-state index in [4.69, 9.17) is 13.9 Å². The van der Waals surface area contributed by atoms with Gasteiger partial charge in [0.1, 0.15) is 13.2 Å². The van der Waals surface area contributed by atoms with Crippen molar-refractivity contribution in [2.24, 2.45) is 0 Å². The number of hydrogen-bond acceptors (Lipinski definition) is 6. The molecule has 0 spiro atoms. The number of hydrogen-bond donors (Lipinski definition) is 1.